The van der Waals surface area contributed by atoms with Crippen LogP contribution in [-0.2, 0) is 14.3 Å². The summed E-state index contributed by atoms with van der Waals surface area (Å²) in [7, 11) is 0. The highest BCUT2D eigenvalue weighted by Crippen LogP contribution is 1.97. The number of allylic oxidation sites excluding steroid dienone is 2. The van der Waals surface area contributed by atoms with E-state index in [0.717, 1.165) is 24.3 Å². The third-order valence-corrected chi connectivity index (χ3v) is 1.95. The number of carbonyl (C=O) groups excluding carboxylic acids is 2. The molecule has 4 N–H and O–H groups in total. The molecule has 0 saturated heterocycles. The molecule has 0 aliphatic heterocycles. The van der Waals surface area contributed by atoms with Crippen molar-refractivity contribution in [1.29, 1.82) is 0 Å². The molecule has 0 aromatic rings. The Kier molecular flexibility index (Phi) is 10.1. The van der Waals surface area contributed by atoms with Crippen LogP contribution in [0.1, 0.15) is 12.8 Å². The van der Waals surface area contributed by atoms with Crippen molar-refractivity contribution in [3.63, 3.8) is 0 Å². The number of aliphatic hydroxyl groups is 4. The van der Waals surface area contributed by atoms with Crippen LogP contribution < -0.4 is 0 Å². The van der Waals surface area contributed by atoms with Crippen LogP contribution >= 0.6 is 0 Å². The smallest absolute Gasteiger partial charge is 0.338 e. The fraction of sp³-hybridized carbons (Fsp3) is 0.286. The van der Waals surface area contributed by atoms with Gasteiger partial charge in [-0.15, -0.1) is 0 Å². The van der Waals surface area contributed by atoms with Crippen molar-refractivity contribution >= 4 is 11.9 Å². The van der Waals surface area contributed by atoms with Crippen molar-refractivity contribution in [2.24, 2.45) is 0 Å². The fourth-order valence-corrected chi connectivity index (χ4v) is 1.03. The highest BCUT2D eigenvalue weighted by molar-refractivity contribution is 5.96. The van der Waals surface area contributed by atoms with E-state index in [1.807, 2.05) is 0 Å². The highest BCUT2D eigenvalue weighted by Gasteiger charge is 2.03. The van der Waals surface area contributed by atoms with E-state index in [1.165, 1.54) is 12.2 Å². The zero-order valence-electron chi connectivity index (χ0n) is 11.3. The summed E-state index contributed by atoms with van der Waals surface area (Å²) in [6.07, 6.45) is 6.76. The summed E-state index contributed by atoms with van der Waals surface area (Å²) in [6, 6.07) is 0. The SMILES string of the molecule is O=C(C=CC(O)=CCCO)OC(=O)C=CC(O)=CCCO. The maximum atomic E-state index is 11.2. The molecule has 0 heterocycles. The lowest BCUT2D eigenvalue weighted by atomic mass is 10.3. The summed E-state index contributed by atoms with van der Waals surface area (Å²) in [6.45, 7) is -0.280. The quantitative estimate of drug-likeness (QED) is 0.172. The second kappa shape index (κ2) is 11.4. The predicted octanol–water partition coefficient (Wildman–Crippen LogP) is 0.817. The molecule has 21 heavy (non-hydrogen) atoms. The molecule has 0 aromatic carbocycles. The van der Waals surface area contributed by atoms with E-state index < -0.39 is 11.9 Å². The van der Waals surface area contributed by atoms with Crippen LogP contribution in [0.4, 0.5) is 0 Å². The maximum Gasteiger partial charge on any atom is 0.338 e. The van der Waals surface area contributed by atoms with Gasteiger partial charge in [0, 0.05) is 25.4 Å². The molecule has 0 aromatic heterocycles. The second-order valence-corrected chi connectivity index (χ2v) is 3.69. The van der Waals surface area contributed by atoms with Gasteiger partial charge in [-0.2, -0.15) is 0 Å². The zero-order chi connectivity index (χ0) is 16.1. The number of ether oxygens (including phenoxy) is 1. The van der Waals surface area contributed by atoms with Crippen molar-refractivity contribution in [1.82, 2.24) is 0 Å². The van der Waals surface area contributed by atoms with E-state index >= 15 is 0 Å². The Morgan fingerprint density at radius 2 is 1.14 bits per heavy atom. The van der Waals surface area contributed by atoms with Crippen LogP contribution in [0.2, 0.25) is 0 Å². The van der Waals surface area contributed by atoms with Crippen molar-refractivity contribution in [3.05, 3.63) is 48.0 Å². The second-order valence-electron chi connectivity index (χ2n) is 3.69. The van der Waals surface area contributed by atoms with E-state index in [0.29, 0.717) is 0 Å². The van der Waals surface area contributed by atoms with Gasteiger partial charge in [0.25, 0.3) is 0 Å². The average molecular weight is 298 g/mol. The lowest BCUT2D eigenvalue weighted by Gasteiger charge is -1.95. The molecule has 0 fully saturated rings. The summed E-state index contributed by atoms with van der Waals surface area (Å²) in [5, 5.41) is 35.4. The maximum absolute atomic E-state index is 11.2. The van der Waals surface area contributed by atoms with E-state index in [-0.39, 0.29) is 37.6 Å². The number of esters is 2. The van der Waals surface area contributed by atoms with Crippen LogP contribution in [0.15, 0.2) is 48.0 Å². The first-order valence-electron chi connectivity index (χ1n) is 6.11. The standard InChI is InChI=1S/C14H18O7/c15-9-1-3-11(17)5-7-13(19)21-14(20)8-6-12(18)4-2-10-16/h3-8,15-18H,1-2,9-10H2. The molecule has 0 aliphatic rings. The molecule has 0 unspecified atom stereocenters. The molecule has 0 spiro atoms. The Morgan fingerprint density at radius 1 is 0.762 bits per heavy atom. The Bertz CT molecular complexity index is 416. The summed E-state index contributed by atoms with van der Waals surface area (Å²) in [5.74, 6) is -2.47. The normalized spacial score (nSPS) is 13.0. The summed E-state index contributed by atoms with van der Waals surface area (Å²) in [4.78, 5) is 22.4. The van der Waals surface area contributed by atoms with Crippen molar-refractivity contribution in [2.45, 2.75) is 12.8 Å². The molecule has 0 saturated carbocycles. The first-order valence-corrected chi connectivity index (χ1v) is 6.11. The van der Waals surface area contributed by atoms with Gasteiger partial charge in [-0.3, -0.25) is 0 Å². The molecule has 0 amide bonds. The van der Waals surface area contributed by atoms with Crippen molar-refractivity contribution in [3.8, 4) is 0 Å². The van der Waals surface area contributed by atoms with E-state index in [9.17, 15) is 19.8 Å². The van der Waals surface area contributed by atoms with Gasteiger partial charge in [-0.1, -0.05) is 0 Å². The number of aliphatic hydroxyl groups excluding tert-OH is 4. The molecule has 0 radical (unpaired) electrons. The minimum Gasteiger partial charge on any atom is -0.508 e. The van der Waals surface area contributed by atoms with Crippen molar-refractivity contribution in [2.75, 3.05) is 13.2 Å². The third-order valence-electron chi connectivity index (χ3n) is 1.95. The molecule has 7 heteroatoms. The van der Waals surface area contributed by atoms with Gasteiger partial charge in [0.2, 0.25) is 0 Å². The minimum absolute atomic E-state index is 0.140. The predicted molar refractivity (Wildman–Crippen MR) is 74.2 cm³/mol. The minimum atomic E-state index is -0.993. The largest absolute Gasteiger partial charge is 0.508 e. The number of carbonyl (C=O) groups is 2. The van der Waals surface area contributed by atoms with Crippen LogP contribution in [0.3, 0.4) is 0 Å². The third kappa shape index (κ3) is 11.2. The first-order chi connectivity index (χ1) is 9.99. The van der Waals surface area contributed by atoms with Crippen LogP contribution in [0.25, 0.3) is 0 Å². The van der Waals surface area contributed by atoms with Gasteiger partial charge >= 0.3 is 11.9 Å². The number of hydrogen-bond acceptors (Lipinski definition) is 7. The highest BCUT2D eigenvalue weighted by atomic mass is 16.6. The summed E-state index contributed by atoms with van der Waals surface area (Å²) in [5.41, 5.74) is 0. The van der Waals surface area contributed by atoms with E-state index in [4.69, 9.17) is 10.2 Å². The van der Waals surface area contributed by atoms with Gasteiger partial charge in [-0.05, 0) is 37.1 Å². The van der Waals surface area contributed by atoms with Crippen LogP contribution in [-0.4, -0.2) is 45.6 Å². The van der Waals surface area contributed by atoms with Gasteiger partial charge in [0.05, 0.1) is 0 Å². The van der Waals surface area contributed by atoms with Gasteiger partial charge < -0.3 is 25.2 Å². The Morgan fingerprint density at radius 3 is 1.48 bits per heavy atom. The fourth-order valence-electron chi connectivity index (χ4n) is 1.03. The first kappa shape index (κ1) is 18.6. The topological polar surface area (TPSA) is 124 Å². The summed E-state index contributed by atoms with van der Waals surface area (Å²) < 4.78 is 4.33. The molecule has 0 rings (SSSR count). The zero-order valence-corrected chi connectivity index (χ0v) is 11.3. The van der Waals surface area contributed by atoms with Gasteiger partial charge in [0.15, 0.2) is 0 Å². The average Bonchev–Trinajstić information content (AvgIpc) is 2.46. The van der Waals surface area contributed by atoms with Gasteiger partial charge in [0.1, 0.15) is 11.5 Å². The lowest BCUT2D eigenvalue weighted by molar-refractivity contribution is -0.152. The molecule has 0 atom stereocenters. The van der Waals surface area contributed by atoms with E-state index in [2.05, 4.69) is 4.74 Å². The molecule has 0 aliphatic carbocycles. The Hall–Kier alpha value is -2.38. The summed E-state index contributed by atoms with van der Waals surface area (Å²) >= 11 is 0. The Labute approximate surface area is 121 Å². The van der Waals surface area contributed by atoms with Crippen LogP contribution in [0, 0.1) is 0 Å². The molecule has 0 bridgehead atoms. The van der Waals surface area contributed by atoms with Crippen molar-refractivity contribution < 1.29 is 34.8 Å². The monoisotopic (exact) mass is 298 g/mol. The van der Waals surface area contributed by atoms with Gasteiger partial charge in [-0.25, -0.2) is 9.59 Å². The van der Waals surface area contributed by atoms with E-state index in [1.54, 1.807) is 0 Å². The Balaban J connectivity index is 4.30. The molecular weight excluding hydrogens is 280 g/mol. The lowest BCUT2D eigenvalue weighted by Crippen LogP contribution is -2.07. The number of hydrogen-bond donors (Lipinski definition) is 4. The molecule has 116 valence electrons. The molecule has 7 nitrogen and oxygen atoms in total. The number of rotatable bonds is 8. The van der Waals surface area contributed by atoms with Crippen LogP contribution in [0.5, 0.6) is 0 Å². The molecular formula is C14H18O7.